The molecule has 1 heteroatoms. The summed E-state index contributed by atoms with van der Waals surface area (Å²) in [4.78, 5) is 4.43. The number of aryl methyl sites for hydroxylation is 1. The van der Waals surface area contributed by atoms with Crippen LogP contribution in [0, 0.1) is 6.92 Å². The van der Waals surface area contributed by atoms with Gasteiger partial charge in [-0.05, 0) is 84.8 Å². The van der Waals surface area contributed by atoms with Gasteiger partial charge in [0.05, 0.1) is 0 Å². The molecule has 0 unspecified atom stereocenters. The molecule has 6 aromatic carbocycles. The van der Waals surface area contributed by atoms with Gasteiger partial charge in [0.15, 0.2) is 0 Å². The Morgan fingerprint density at radius 2 is 1.00 bits per heavy atom. The molecule has 0 saturated heterocycles. The maximum absolute atomic E-state index is 4.43. The van der Waals surface area contributed by atoms with Crippen molar-refractivity contribution in [1.29, 1.82) is 0 Å². The lowest BCUT2D eigenvalue weighted by molar-refractivity contribution is 1.27. The third-order valence-electron chi connectivity index (χ3n) is 7.35. The van der Waals surface area contributed by atoms with Crippen LogP contribution in [0.5, 0.6) is 0 Å². The van der Waals surface area contributed by atoms with Crippen molar-refractivity contribution in [3.63, 3.8) is 0 Å². The lowest BCUT2D eigenvalue weighted by atomic mass is 9.84. The van der Waals surface area contributed by atoms with E-state index in [0.717, 1.165) is 5.56 Å². The van der Waals surface area contributed by atoms with Gasteiger partial charge in [0, 0.05) is 18.0 Å². The van der Waals surface area contributed by atoms with Crippen LogP contribution in [0.3, 0.4) is 0 Å². The van der Waals surface area contributed by atoms with Gasteiger partial charge in [-0.25, -0.2) is 0 Å². The number of pyridine rings is 1. The minimum atomic E-state index is 1.14. The summed E-state index contributed by atoms with van der Waals surface area (Å²) in [7, 11) is 0. The van der Waals surface area contributed by atoms with Gasteiger partial charge in [0.2, 0.25) is 0 Å². The first-order valence-electron chi connectivity index (χ1n) is 12.7. The van der Waals surface area contributed by atoms with E-state index in [1.54, 1.807) is 0 Å². The molecule has 0 aliphatic carbocycles. The van der Waals surface area contributed by atoms with Gasteiger partial charge in [-0.1, -0.05) is 109 Å². The summed E-state index contributed by atoms with van der Waals surface area (Å²) in [6.07, 6.45) is 3.85. The van der Waals surface area contributed by atoms with Crippen LogP contribution in [0.25, 0.3) is 65.7 Å². The zero-order valence-electron chi connectivity index (χ0n) is 20.6. The van der Waals surface area contributed by atoms with Crippen molar-refractivity contribution in [1.82, 2.24) is 4.98 Å². The standard InChI is InChI=1S/C36H25N/c1-24-20-28(23-37-22-24)26-12-8-13-27(21-26)35-31-15-4-6-17-33(31)36(34-18-7-5-16-32(34)35)30-19-9-11-25-10-2-3-14-29(25)30/h2-23H,1H3. The second-order valence-electron chi connectivity index (χ2n) is 9.70. The fraction of sp³-hybridized carbons (Fsp3) is 0.0278. The Bertz CT molecular complexity index is 1880. The molecule has 0 aliphatic rings. The molecule has 7 rings (SSSR count). The van der Waals surface area contributed by atoms with Crippen molar-refractivity contribution in [3.05, 3.63) is 139 Å². The topological polar surface area (TPSA) is 12.9 Å². The number of aromatic nitrogens is 1. The molecular formula is C36H25N. The Balaban J connectivity index is 1.58. The SMILES string of the molecule is Cc1cncc(-c2cccc(-c3c4ccccc4c(-c4cccc5ccccc45)c4ccccc34)c2)c1. The highest BCUT2D eigenvalue weighted by molar-refractivity contribution is 6.23. The second kappa shape index (κ2) is 8.72. The first-order valence-corrected chi connectivity index (χ1v) is 12.7. The monoisotopic (exact) mass is 471 g/mol. The van der Waals surface area contributed by atoms with Crippen molar-refractivity contribution >= 4 is 32.3 Å². The number of benzene rings is 6. The predicted octanol–water partition coefficient (Wildman–Crippen LogP) is 9.85. The molecule has 0 bridgehead atoms. The smallest absolute Gasteiger partial charge is 0.0346 e. The largest absolute Gasteiger partial charge is 0.264 e. The van der Waals surface area contributed by atoms with E-state index in [4.69, 9.17) is 0 Å². The lowest BCUT2D eigenvalue weighted by Crippen LogP contribution is -1.92. The molecule has 7 aromatic rings. The normalized spacial score (nSPS) is 11.4. The van der Waals surface area contributed by atoms with Crippen molar-refractivity contribution in [2.45, 2.75) is 6.92 Å². The van der Waals surface area contributed by atoms with Gasteiger partial charge >= 0.3 is 0 Å². The Kier molecular flexibility index (Phi) is 5.08. The zero-order chi connectivity index (χ0) is 24.8. The van der Waals surface area contributed by atoms with Gasteiger partial charge in [0.25, 0.3) is 0 Å². The van der Waals surface area contributed by atoms with E-state index < -0.39 is 0 Å². The average Bonchev–Trinajstić information content (AvgIpc) is 2.96. The third kappa shape index (κ3) is 3.59. The Morgan fingerprint density at radius 3 is 1.70 bits per heavy atom. The van der Waals surface area contributed by atoms with Crippen LogP contribution in [0.1, 0.15) is 5.56 Å². The summed E-state index contributed by atoms with van der Waals surface area (Å²) in [6, 6.07) is 44.1. The molecule has 1 aromatic heterocycles. The molecule has 0 N–H and O–H groups in total. The molecule has 0 spiro atoms. The first kappa shape index (κ1) is 21.5. The molecule has 0 radical (unpaired) electrons. The molecule has 37 heavy (non-hydrogen) atoms. The molecule has 0 amide bonds. The quantitative estimate of drug-likeness (QED) is 0.234. The zero-order valence-corrected chi connectivity index (χ0v) is 20.6. The fourth-order valence-electron chi connectivity index (χ4n) is 5.74. The van der Waals surface area contributed by atoms with Gasteiger partial charge in [-0.2, -0.15) is 0 Å². The van der Waals surface area contributed by atoms with Crippen molar-refractivity contribution < 1.29 is 0 Å². The van der Waals surface area contributed by atoms with Crippen LogP contribution in [-0.2, 0) is 0 Å². The summed E-state index contributed by atoms with van der Waals surface area (Å²) >= 11 is 0. The number of hydrogen-bond acceptors (Lipinski definition) is 1. The van der Waals surface area contributed by atoms with Crippen LogP contribution in [0.2, 0.25) is 0 Å². The van der Waals surface area contributed by atoms with Crippen molar-refractivity contribution in [2.24, 2.45) is 0 Å². The average molecular weight is 472 g/mol. The van der Waals surface area contributed by atoms with Gasteiger partial charge in [0.1, 0.15) is 0 Å². The highest BCUT2D eigenvalue weighted by Crippen LogP contribution is 2.45. The Labute approximate surface area is 216 Å². The van der Waals surface area contributed by atoms with Crippen LogP contribution in [0.15, 0.2) is 134 Å². The molecule has 0 fully saturated rings. The molecule has 0 saturated carbocycles. The van der Waals surface area contributed by atoms with E-state index >= 15 is 0 Å². The minimum absolute atomic E-state index is 1.14. The maximum Gasteiger partial charge on any atom is 0.0346 e. The van der Waals surface area contributed by atoms with E-state index in [-0.39, 0.29) is 0 Å². The Morgan fingerprint density at radius 1 is 0.432 bits per heavy atom. The van der Waals surface area contributed by atoms with Crippen LogP contribution >= 0.6 is 0 Å². The van der Waals surface area contributed by atoms with Crippen LogP contribution in [0.4, 0.5) is 0 Å². The molecule has 0 aliphatic heterocycles. The molecule has 174 valence electrons. The van der Waals surface area contributed by atoms with E-state index in [2.05, 4.69) is 133 Å². The molecular weight excluding hydrogens is 446 g/mol. The molecule has 0 atom stereocenters. The van der Waals surface area contributed by atoms with E-state index in [1.807, 2.05) is 12.4 Å². The summed E-state index contributed by atoms with van der Waals surface area (Å²) < 4.78 is 0. The maximum atomic E-state index is 4.43. The van der Waals surface area contributed by atoms with E-state index in [9.17, 15) is 0 Å². The predicted molar refractivity (Wildman–Crippen MR) is 158 cm³/mol. The summed E-state index contributed by atoms with van der Waals surface area (Å²) in [6.45, 7) is 2.09. The number of fused-ring (bicyclic) bond motifs is 3. The lowest BCUT2D eigenvalue weighted by Gasteiger charge is -2.19. The van der Waals surface area contributed by atoms with E-state index in [1.165, 1.54) is 65.7 Å². The van der Waals surface area contributed by atoms with Gasteiger partial charge in [-0.15, -0.1) is 0 Å². The fourth-order valence-corrected chi connectivity index (χ4v) is 5.74. The molecule has 1 nitrogen and oxygen atoms in total. The van der Waals surface area contributed by atoms with Crippen molar-refractivity contribution in [2.75, 3.05) is 0 Å². The third-order valence-corrected chi connectivity index (χ3v) is 7.35. The minimum Gasteiger partial charge on any atom is -0.264 e. The van der Waals surface area contributed by atoms with E-state index in [0.29, 0.717) is 0 Å². The highest BCUT2D eigenvalue weighted by Gasteiger charge is 2.18. The summed E-state index contributed by atoms with van der Waals surface area (Å²) in [5.74, 6) is 0. The summed E-state index contributed by atoms with van der Waals surface area (Å²) in [5, 5.41) is 7.62. The second-order valence-corrected chi connectivity index (χ2v) is 9.70. The number of nitrogens with zero attached hydrogens (tertiary/aromatic N) is 1. The highest BCUT2D eigenvalue weighted by atomic mass is 14.6. The van der Waals surface area contributed by atoms with Crippen LogP contribution in [-0.4, -0.2) is 4.98 Å². The van der Waals surface area contributed by atoms with Crippen molar-refractivity contribution in [3.8, 4) is 33.4 Å². The Hall–Kier alpha value is -4.75. The van der Waals surface area contributed by atoms with Gasteiger partial charge in [-0.3, -0.25) is 4.98 Å². The first-order chi connectivity index (χ1) is 18.3. The summed E-state index contributed by atoms with van der Waals surface area (Å²) in [5.41, 5.74) is 8.55. The molecule has 1 heterocycles. The number of rotatable bonds is 3. The van der Waals surface area contributed by atoms with Gasteiger partial charge < -0.3 is 0 Å². The van der Waals surface area contributed by atoms with Crippen LogP contribution < -0.4 is 0 Å². The number of hydrogen-bond donors (Lipinski definition) is 0.